The van der Waals surface area contributed by atoms with Crippen molar-refractivity contribution in [2.45, 2.75) is 25.8 Å². The van der Waals surface area contributed by atoms with Gasteiger partial charge in [0.05, 0.1) is 11.2 Å². The van der Waals surface area contributed by atoms with Gasteiger partial charge in [-0.25, -0.2) is 9.37 Å². The molecule has 1 aromatic carbocycles. The van der Waals surface area contributed by atoms with Crippen LogP contribution in [0.5, 0.6) is 0 Å². The number of thiazole rings is 1. The van der Waals surface area contributed by atoms with Crippen LogP contribution < -0.4 is 5.32 Å². The molecule has 1 aromatic heterocycles. The molecule has 4 heteroatoms. The molecule has 0 bridgehead atoms. The molecule has 96 valence electrons. The summed E-state index contributed by atoms with van der Waals surface area (Å²) < 4.78 is 13.2. The summed E-state index contributed by atoms with van der Waals surface area (Å²) in [5.41, 5.74) is 3.97. The minimum Gasteiger partial charge on any atom is -0.310 e. The SMILES string of the molecule is CCC(NCCc1cscn1)c1cccc(F)c1. The predicted octanol–water partition coefficient (Wildman–Crippen LogP) is 3.57. The first-order valence-electron chi connectivity index (χ1n) is 6.15. The van der Waals surface area contributed by atoms with E-state index in [0.29, 0.717) is 0 Å². The first-order valence-corrected chi connectivity index (χ1v) is 7.09. The van der Waals surface area contributed by atoms with Crippen LogP contribution in [-0.2, 0) is 6.42 Å². The number of benzene rings is 1. The van der Waals surface area contributed by atoms with E-state index in [4.69, 9.17) is 0 Å². The highest BCUT2D eigenvalue weighted by atomic mass is 32.1. The largest absolute Gasteiger partial charge is 0.310 e. The highest BCUT2D eigenvalue weighted by molar-refractivity contribution is 7.07. The summed E-state index contributed by atoms with van der Waals surface area (Å²) >= 11 is 1.61. The second-order valence-corrected chi connectivity index (χ2v) is 4.92. The van der Waals surface area contributed by atoms with E-state index in [1.807, 2.05) is 11.6 Å². The molecular weight excluding hydrogens is 247 g/mol. The van der Waals surface area contributed by atoms with Gasteiger partial charge in [-0.1, -0.05) is 19.1 Å². The Bertz CT molecular complexity index is 470. The molecule has 1 heterocycles. The van der Waals surface area contributed by atoms with Crippen molar-refractivity contribution >= 4 is 11.3 Å². The molecule has 1 atom stereocenters. The minimum atomic E-state index is -0.174. The summed E-state index contributed by atoms with van der Waals surface area (Å²) in [6.07, 6.45) is 1.86. The van der Waals surface area contributed by atoms with Crippen LogP contribution in [-0.4, -0.2) is 11.5 Å². The number of nitrogens with zero attached hydrogens (tertiary/aromatic N) is 1. The maximum atomic E-state index is 13.2. The third-order valence-corrected chi connectivity index (χ3v) is 3.55. The normalized spacial score (nSPS) is 12.6. The maximum Gasteiger partial charge on any atom is 0.123 e. The van der Waals surface area contributed by atoms with E-state index in [0.717, 1.165) is 30.6 Å². The maximum absolute atomic E-state index is 13.2. The molecule has 2 nitrogen and oxygen atoms in total. The van der Waals surface area contributed by atoms with Crippen LogP contribution in [0.3, 0.4) is 0 Å². The van der Waals surface area contributed by atoms with E-state index in [1.54, 1.807) is 23.5 Å². The molecule has 1 N–H and O–H groups in total. The predicted molar refractivity (Wildman–Crippen MR) is 73.3 cm³/mol. The molecule has 0 aliphatic carbocycles. The van der Waals surface area contributed by atoms with Gasteiger partial charge in [0.25, 0.3) is 0 Å². The van der Waals surface area contributed by atoms with E-state index < -0.39 is 0 Å². The highest BCUT2D eigenvalue weighted by Gasteiger charge is 2.09. The molecule has 18 heavy (non-hydrogen) atoms. The van der Waals surface area contributed by atoms with Gasteiger partial charge in [0, 0.05) is 24.4 Å². The minimum absolute atomic E-state index is 0.174. The fraction of sp³-hybridized carbons (Fsp3) is 0.357. The quantitative estimate of drug-likeness (QED) is 0.863. The van der Waals surface area contributed by atoms with E-state index >= 15 is 0 Å². The van der Waals surface area contributed by atoms with Gasteiger partial charge in [0.2, 0.25) is 0 Å². The van der Waals surface area contributed by atoms with Crippen LogP contribution in [0.25, 0.3) is 0 Å². The molecule has 0 amide bonds. The molecule has 0 fully saturated rings. The van der Waals surface area contributed by atoms with Crippen molar-refractivity contribution in [2.75, 3.05) is 6.54 Å². The average Bonchev–Trinajstić information content (AvgIpc) is 2.88. The highest BCUT2D eigenvalue weighted by Crippen LogP contribution is 2.17. The van der Waals surface area contributed by atoms with Crippen LogP contribution in [0.4, 0.5) is 4.39 Å². The molecular formula is C14H17FN2S. The summed E-state index contributed by atoms with van der Waals surface area (Å²) in [4.78, 5) is 4.24. The first-order chi connectivity index (χ1) is 8.79. The summed E-state index contributed by atoms with van der Waals surface area (Å²) in [5, 5.41) is 5.51. The van der Waals surface area contributed by atoms with Crippen LogP contribution in [0, 0.1) is 5.82 Å². The molecule has 0 radical (unpaired) electrons. The van der Waals surface area contributed by atoms with Gasteiger partial charge in [-0.15, -0.1) is 11.3 Å². The lowest BCUT2D eigenvalue weighted by molar-refractivity contribution is 0.516. The molecule has 0 saturated heterocycles. The van der Waals surface area contributed by atoms with E-state index in [1.165, 1.54) is 6.07 Å². The summed E-state index contributed by atoms with van der Waals surface area (Å²) in [5.74, 6) is -0.174. The van der Waals surface area contributed by atoms with Crippen LogP contribution in [0.2, 0.25) is 0 Å². The molecule has 0 spiro atoms. The Labute approximate surface area is 111 Å². The Balaban J connectivity index is 1.89. The summed E-state index contributed by atoms with van der Waals surface area (Å²) in [6.45, 7) is 2.96. The standard InChI is InChI=1S/C14H17FN2S/c1-2-14(11-4-3-5-12(15)8-11)16-7-6-13-9-18-10-17-13/h3-5,8-10,14,16H,2,6-7H2,1H3. The molecule has 0 saturated carbocycles. The summed E-state index contributed by atoms with van der Waals surface area (Å²) in [7, 11) is 0. The van der Waals surface area contributed by atoms with Gasteiger partial charge in [-0.2, -0.15) is 0 Å². The Morgan fingerprint density at radius 1 is 1.44 bits per heavy atom. The zero-order chi connectivity index (χ0) is 12.8. The molecule has 2 rings (SSSR count). The monoisotopic (exact) mass is 264 g/mol. The lowest BCUT2D eigenvalue weighted by atomic mass is 10.0. The number of aromatic nitrogens is 1. The zero-order valence-corrected chi connectivity index (χ0v) is 11.2. The lowest BCUT2D eigenvalue weighted by Gasteiger charge is -2.17. The van der Waals surface area contributed by atoms with Crippen molar-refractivity contribution in [3.63, 3.8) is 0 Å². The molecule has 1 unspecified atom stereocenters. The van der Waals surface area contributed by atoms with E-state index in [2.05, 4.69) is 22.6 Å². The fourth-order valence-electron chi connectivity index (χ4n) is 1.96. The van der Waals surface area contributed by atoms with Gasteiger partial charge in [-0.3, -0.25) is 0 Å². The Morgan fingerprint density at radius 2 is 2.33 bits per heavy atom. The van der Waals surface area contributed by atoms with Crippen molar-refractivity contribution in [3.05, 3.63) is 52.2 Å². The smallest absolute Gasteiger partial charge is 0.123 e. The average molecular weight is 264 g/mol. The lowest BCUT2D eigenvalue weighted by Crippen LogP contribution is -2.23. The van der Waals surface area contributed by atoms with Gasteiger partial charge in [0.1, 0.15) is 5.82 Å². The van der Waals surface area contributed by atoms with Crippen molar-refractivity contribution in [1.29, 1.82) is 0 Å². The van der Waals surface area contributed by atoms with Gasteiger partial charge in [-0.05, 0) is 24.1 Å². The van der Waals surface area contributed by atoms with Crippen molar-refractivity contribution in [2.24, 2.45) is 0 Å². The van der Waals surface area contributed by atoms with Crippen LogP contribution >= 0.6 is 11.3 Å². The third kappa shape index (κ3) is 3.62. The molecule has 0 aliphatic heterocycles. The van der Waals surface area contributed by atoms with Crippen molar-refractivity contribution in [1.82, 2.24) is 10.3 Å². The zero-order valence-electron chi connectivity index (χ0n) is 10.4. The topological polar surface area (TPSA) is 24.9 Å². The second kappa shape index (κ2) is 6.61. The summed E-state index contributed by atoms with van der Waals surface area (Å²) in [6, 6.07) is 7.01. The number of hydrogen-bond donors (Lipinski definition) is 1. The molecule has 2 aromatic rings. The fourth-order valence-corrected chi connectivity index (χ4v) is 2.55. The Kier molecular flexibility index (Phi) is 4.84. The number of nitrogens with one attached hydrogen (secondary N) is 1. The van der Waals surface area contributed by atoms with Crippen molar-refractivity contribution in [3.8, 4) is 0 Å². The number of rotatable bonds is 6. The Morgan fingerprint density at radius 3 is 3.00 bits per heavy atom. The number of halogens is 1. The molecule has 0 aliphatic rings. The van der Waals surface area contributed by atoms with Gasteiger partial charge in [0.15, 0.2) is 0 Å². The third-order valence-electron chi connectivity index (χ3n) is 2.91. The van der Waals surface area contributed by atoms with Gasteiger partial charge >= 0.3 is 0 Å². The van der Waals surface area contributed by atoms with E-state index in [9.17, 15) is 4.39 Å². The Hall–Kier alpha value is -1.26. The van der Waals surface area contributed by atoms with Crippen molar-refractivity contribution < 1.29 is 4.39 Å². The van der Waals surface area contributed by atoms with Gasteiger partial charge < -0.3 is 5.32 Å². The number of hydrogen-bond acceptors (Lipinski definition) is 3. The van der Waals surface area contributed by atoms with Crippen LogP contribution in [0.1, 0.15) is 30.6 Å². The van der Waals surface area contributed by atoms with E-state index in [-0.39, 0.29) is 11.9 Å². The van der Waals surface area contributed by atoms with Crippen LogP contribution in [0.15, 0.2) is 35.2 Å². The first kappa shape index (κ1) is 13.2. The second-order valence-electron chi connectivity index (χ2n) is 4.20.